The molecule has 3 aromatic rings. The quantitative estimate of drug-likeness (QED) is 0.528. The second kappa shape index (κ2) is 8.27. The Morgan fingerprint density at radius 1 is 1.18 bits per heavy atom. The number of H-pyrrole nitrogens is 2. The smallest absolute Gasteiger partial charge is 0.325 e. The van der Waals surface area contributed by atoms with Crippen molar-refractivity contribution in [3.05, 3.63) is 75.8 Å². The molecule has 1 atom stereocenters. The fraction of sp³-hybridized carbons (Fsp3) is 0.190. The lowest BCUT2D eigenvalue weighted by Crippen LogP contribution is -2.29. The number of nitrogens with one attached hydrogen (secondary N) is 3. The van der Waals surface area contributed by atoms with Gasteiger partial charge in [0, 0.05) is 6.54 Å². The monoisotopic (exact) mass is 376 g/mol. The zero-order valence-electron chi connectivity index (χ0n) is 15.3. The Morgan fingerprint density at radius 2 is 1.93 bits per heavy atom. The maximum absolute atomic E-state index is 12.0. The van der Waals surface area contributed by atoms with E-state index >= 15 is 0 Å². The summed E-state index contributed by atoms with van der Waals surface area (Å²) in [5.41, 5.74) is 3.30. The number of aromatic amines is 2. The van der Waals surface area contributed by atoms with Gasteiger partial charge in [-0.05, 0) is 34.7 Å². The molecule has 1 heterocycles. The van der Waals surface area contributed by atoms with Gasteiger partial charge >= 0.3 is 5.69 Å². The summed E-state index contributed by atoms with van der Waals surface area (Å²) in [7, 11) is 0. The minimum Gasteiger partial charge on any atom is -0.493 e. The zero-order valence-corrected chi connectivity index (χ0v) is 15.3. The number of carbonyl (C=O) groups is 1. The zero-order chi connectivity index (χ0) is 20.1. The van der Waals surface area contributed by atoms with Gasteiger partial charge < -0.3 is 15.4 Å². The molecule has 1 amide bonds. The van der Waals surface area contributed by atoms with Gasteiger partial charge in [0.15, 0.2) is 0 Å². The van der Waals surface area contributed by atoms with Gasteiger partial charge in [0.25, 0.3) is 0 Å². The molecular weight excluding hydrogens is 356 g/mol. The molecule has 0 aliphatic rings. The molecule has 0 saturated heterocycles. The lowest BCUT2D eigenvalue weighted by Gasteiger charge is -2.14. The normalized spacial score (nSPS) is 11.6. The van der Waals surface area contributed by atoms with E-state index in [0.29, 0.717) is 12.1 Å². The van der Waals surface area contributed by atoms with Gasteiger partial charge in [-0.1, -0.05) is 43.3 Å². The maximum atomic E-state index is 12.0. The van der Waals surface area contributed by atoms with Crippen LogP contribution < -0.4 is 11.0 Å². The van der Waals surface area contributed by atoms with Crippen LogP contribution in [0.25, 0.3) is 11.1 Å². The summed E-state index contributed by atoms with van der Waals surface area (Å²) in [6.45, 7) is 2.43. The number of nitrogens with zero attached hydrogens (tertiary/aromatic N) is 1. The average molecular weight is 376 g/mol. The number of hydrogen-bond acceptors (Lipinski definition) is 4. The van der Waals surface area contributed by atoms with E-state index in [0.717, 1.165) is 16.7 Å². The van der Waals surface area contributed by atoms with E-state index in [1.54, 1.807) is 6.07 Å². The predicted octanol–water partition coefficient (Wildman–Crippen LogP) is 2.41. The summed E-state index contributed by atoms with van der Waals surface area (Å²) in [4.78, 5) is 27.7. The number of imidazole rings is 1. The van der Waals surface area contributed by atoms with Crippen LogP contribution in [0.4, 0.5) is 0 Å². The molecule has 1 unspecified atom stereocenters. The Morgan fingerprint density at radius 3 is 2.57 bits per heavy atom. The van der Waals surface area contributed by atoms with Crippen molar-refractivity contribution in [1.29, 1.82) is 5.26 Å². The molecule has 0 saturated carbocycles. The van der Waals surface area contributed by atoms with Gasteiger partial charge in [0.1, 0.15) is 0 Å². The molecule has 0 bridgehead atoms. The van der Waals surface area contributed by atoms with Crippen LogP contribution in [0.2, 0.25) is 0 Å². The molecule has 142 valence electrons. The number of aromatic nitrogens is 2. The Hall–Kier alpha value is -3.79. The van der Waals surface area contributed by atoms with E-state index < -0.39 is 5.69 Å². The van der Waals surface area contributed by atoms with Gasteiger partial charge in [-0.25, -0.2) is 4.79 Å². The van der Waals surface area contributed by atoms with E-state index in [4.69, 9.17) is 5.26 Å². The number of carbonyl (C=O) groups excluding carboxylic acids is 1. The van der Waals surface area contributed by atoms with Crippen molar-refractivity contribution in [1.82, 2.24) is 15.3 Å². The van der Waals surface area contributed by atoms with Crippen molar-refractivity contribution in [3.63, 3.8) is 0 Å². The SMILES string of the molecule is CC(CNC(=O)Cc1[nH]c(=O)[nH]c1O)c1ccc(-c2cccc(C#N)c2)cc1. The highest BCUT2D eigenvalue weighted by Crippen LogP contribution is 2.23. The first-order valence-corrected chi connectivity index (χ1v) is 8.83. The first-order valence-electron chi connectivity index (χ1n) is 8.83. The lowest BCUT2D eigenvalue weighted by molar-refractivity contribution is -0.120. The van der Waals surface area contributed by atoms with Crippen molar-refractivity contribution in [2.75, 3.05) is 6.54 Å². The number of benzene rings is 2. The van der Waals surface area contributed by atoms with E-state index in [1.807, 2.05) is 49.4 Å². The topological polar surface area (TPSA) is 122 Å². The second-order valence-corrected chi connectivity index (χ2v) is 6.60. The summed E-state index contributed by atoms with van der Waals surface area (Å²) < 4.78 is 0. The number of rotatable bonds is 6. The highest BCUT2D eigenvalue weighted by atomic mass is 16.3. The Labute approximate surface area is 161 Å². The van der Waals surface area contributed by atoms with E-state index in [-0.39, 0.29) is 29.8 Å². The third-order valence-electron chi connectivity index (χ3n) is 4.53. The predicted molar refractivity (Wildman–Crippen MR) is 105 cm³/mol. The van der Waals surface area contributed by atoms with Crippen molar-refractivity contribution >= 4 is 5.91 Å². The number of aromatic hydroxyl groups is 1. The molecule has 4 N–H and O–H groups in total. The summed E-state index contributed by atoms with van der Waals surface area (Å²) in [5.74, 6) is -0.520. The fourth-order valence-corrected chi connectivity index (χ4v) is 2.92. The molecule has 0 radical (unpaired) electrons. The molecule has 7 heteroatoms. The van der Waals surface area contributed by atoms with Gasteiger partial charge in [0.2, 0.25) is 11.8 Å². The molecule has 0 fully saturated rings. The number of hydrogen-bond donors (Lipinski definition) is 4. The standard InChI is InChI=1S/C21H20N4O3/c1-13(12-23-19(26)10-18-20(27)25-21(28)24-18)15-5-7-16(8-6-15)17-4-2-3-14(9-17)11-22/h2-9,13,27H,10,12H2,1H3,(H,23,26)(H2,24,25,28). The average Bonchev–Trinajstić information content (AvgIpc) is 3.03. The molecular formula is C21H20N4O3. The summed E-state index contributed by atoms with van der Waals surface area (Å²) in [6, 6.07) is 17.6. The van der Waals surface area contributed by atoms with Gasteiger partial charge in [-0.3, -0.25) is 9.78 Å². The third-order valence-corrected chi connectivity index (χ3v) is 4.53. The van der Waals surface area contributed by atoms with Crippen LogP contribution in [0.1, 0.15) is 29.7 Å². The van der Waals surface area contributed by atoms with E-state index in [1.165, 1.54) is 0 Å². The van der Waals surface area contributed by atoms with Crippen LogP contribution in [-0.4, -0.2) is 27.5 Å². The van der Waals surface area contributed by atoms with Crippen molar-refractivity contribution in [3.8, 4) is 23.1 Å². The van der Waals surface area contributed by atoms with Crippen LogP contribution in [0.15, 0.2) is 53.3 Å². The van der Waals surface area contributed by atoms with Gasteiger partial charge in [-0.15, -0.1) is 0 Å². The Kier molecular flexibility index (Phi) is 5.61. The molecule has 1 aromatic heterocycles. The van der Waals surface area contributed by atoms with Crippen LogP contribution in [0, 0.1) is 11.3 Å². The van der Waals surface area contributed by atoms with Crippen molar-refractivity contribution < 1.29 is 9.90 Å². The molecule has 0 spiro atoms. The summed E-state index contributed by atoms with van der Waals surface area (Å²) >= 11 is 0. The fourth-order valence-electron chi connectivity index (χ4n) is 2.92. The Bertz CT molecular complexity index is 1070. The van der Waals surface area contributed by atoms with E-state index in [9.17, 15) is 14.7 Å². The van der Waals surface area contributed by atoms with Crippen LogP contribution >= 0.6 is 0 Å². The summed E-state index contributed by atoms with van der Waals surface area (Å²) in [5, 5.41) is 21.3. The number of amides is 1. The van der Waals surface area contributed by atoms with Crippen molar-refractivity contribution in [2.24, 2.45) is 0 Å². The van der Waals surface area contributed by atoms with Crippen LogP contribution in [0.3, 0.4) is 0 Å². The molecule has 2 aromatic carbocycles. The molecule has 0 aliphatic carbocycles. The lowest BCUT2D eigenvalue weighted by atomic mass is 9.97. The van der Waals surface area contributed by atoms with Crippen molar-refractivity contribution in [2.45, 2.75) is 19.3 Å². The third kappa shape index (κ3) is 4.48. The number of nitriles is 1. The first-order chi connectivity index (χ1) is 13.5. The van der Waals surface area contributed by atoms with Crippen LogP contribution in [-0.2, 0) is 11.2 Å². The van der Waals surface area contributed by atoms with Gasteiger partial charge in [0.05, 0.1) is 23.7 Å². The minimum atomic E-state index is -0.547. The highest BCUT2D eigenvalue weighted by molar-refractivity contribution is 5.78. The maximum Gasteiger partial charge on any atom is 0.325 e. The highest BCUT2D eigenvalue weighted by Gasteiger charge is 2.13. The summed E-state index contributed by atoms with van der Waals surface area (Å²) in [6.07, 6.45) is -0.106. The molecule has 28 heavy (non-hydrogen) atoms. The largest absolute Gasteiger partial charge is 0.493 e. The second-order valence-electron chi connectivity index (χ2n) is 6.60. The molecule has 3 rings (SSSR count). The van der Waals surface area contributed by atoms with Gasteiger partial charge in [-0.2, -0.15) is 5.26 Å². The molecule has 0 aliphatic heterocycles. The van der Waals surface area contributed by atoms with E-state index in [2.05, 4.69) is 21.4 Å². The van der Waals surface area contributed by atoms with Crippen LogP contribution in [0.5, 0.6) is 5.88 Å². The Balaban J connectivity index is 1.59. The molecule has 7 nitrogen and oxygen atoms in total. The minimum absolute atomic E-state index is 0.0855. The first kappa shape index (κ1) is 19.0.